The lowest BCUT2D eigenvalue weighted by Gasteiger charge is -2.19. The van der Waals surface area contributed by atoms with E-state index in [0.29, 0.717) is 4.47 Å². The molecular weight excluding hydrogens is 319 g/mol. The summed E-state index contributed by atoms with van der Waals surface area (Å²) in [5, 5.41) is 0. The summed E-state index contributed by atoms with van der Waals surface area (Å²) >= 11 is 3.07. The van der Waals surface area contributed by atoms with Gasteiger partial charge in [0.15, 0.2) is 0 Å². The predicted octanol–water partition coefficient (Wildman–Crippen LogP) is 2.76. The third kappa shape index (κ3) is 5.69. The Kier molecular flexibility index (Phi) is 4.88. The molecule has 1 aromatic carbocycles. The fourth-order valence-corrected chi connectivity index (χ4v) is 1.63. The van der Waals surface area contributed by atoms with Crippen molar-refractivity contribution in [3.05, 3.63) is 34.1 Å². The molecule has 5 nitrogen and oxygen atoms in total. The number of benzene rings is 1. The zero-order chi connectivity index (χ0) is 14.6. The maximum Gasteiger partial charge on any atom is 0.426 e. The predicted molar refractivity (Wildman–Crippen MR) is 70.9 cm³/mol. The third-order valence-corrected chi connectivity index (χ3v) is 2.26. The minimum Gasteiger partial charge on any atom is -0.443 e. The van der Waals surface area contributed by atoms with E-state index < -0.39 is 23.4 Å². The van der Waals surface area contributed by atoms with Crippen LogP contribution in [0, 0.1) is 5.82 Å². The monoisotopic (exact) mass is 332 g/mol. The van der Waals surface area contributed by atoms with Gasteiger partial charge < -0.3 is 4.74 Å². The highest BCUT2D eigenvalue weighted by Gasteiger charge is 2.17. The van der Waals surface area contributed by atoms with E-state index in [9.17, 15) is 14.0 Å². The van der Waals surface area contributed by atoms with E-state index in [1.54, 1.807) is 20.8 Å². The molecule has 2 N–H and O–H groups in total. The summed E-state index contributed by atoms with van der Waals surface area (Å²) in [5.74, 6) is -1.21. The molecule has 0 heterocycles. The van der Waals surface area contributed by atoms with Crippen LogP contribution in [-0.2, 0) is 4.74 Å². The number of carbonyl (C=O) groups is 2. The SMILES string of the molecule is CC(C)(C)OC(=O)NNC(=O)c1cc(F)cc(Br)c1. The first-order valence-electron chi connectivity index (χ1n) is 5.43. The van der Waals surface area contributed by atoms with Crippen molar-refractivity contribution in [1.82, 2.24) is 10.9 Å². The molecule has 0 fully saturated rings. The van der Waals surface area contributed by atoms with Crippen molar-refractivity contribution in [2.24, 2.45) is 0 Å². The fraction of sp³-hybridized carbons (Fsp3) is 0.333. The topological polar surface area (TPSA) is 67.4 Å². The van der Waals surface area contributed by atoms with Gasteiger partial charge in [0.2, 0.25) is 0 Å². The van der Waals surface area contributed by atoms with Crippen LogP contribution in [0.1, 0.15) is 31.1 Å². The summed E-state index contributed by atoms with van der Waals surface area (Å²) in [4.78, 5) is 22.9. The Bertz CT molecular complexity index is 480. The molecule has 2 amide bonds. The van der Waals surface area contributed by atoms with Gasteiger partial charge in [0.1, 0.15) is 11.4 Å². The van der Waals surface area contributed by atoms with E-state index >= 15 is 0 Å². The number of ether oxygens (including phenoxy) is 1. The highest BCUT2D eigenvalue weighted by molar-refractivity contribution is 9.10. The number of nitrogens with one attached hydrogen (secondary N) is 2. The Labute approximate surface area is 118 Å². The Morgan fingerprint density at radius 1 is 1.21 bits per heavy atom. The van der Waals surface area contributed by atoms with E-state index in [0.717, 1.165) is 6.07 Å². The van der Waals surface area contributed by atoms with Crippen LogP contribution < -0.4 is 10.9 Å². The number of halogens is 2. The number of hydrogen-bond acceptors (Lipinski definition) is 3. The molecule has 0 radical (unpaired) electrons. The van der Waals surface area contributed by atoms with Crippen LogP contribution in [0.4, 0.5) is 9.18 Å². The molecule has 19 heavy (non-hydrogen) atoms. The molecular formula is C12H14BrFN2O3. The van der Waals surface area contributed by atoms with Crippen LogP contribution in [0.3, 0.4) is 0 Å². The van der Waals surface area contributed by atoms with Crippen molar-refractivity contribution in [2.45, 2.75) is 26.4 Å². The van der Waals surface area contributed by atoms with Crippen molar-refractivity contribution in [3.63, 3.8) is 0 Å². The second kappa shape index (κ2) is 6.01. The molecule has 0 saturated carbocycles. The van der Waals surface area contributed by atoms with Crippen LogP contribution >= 0.6 is 15.9 Å². The van der Waals surface area contributed by atoms with Gasteiger partial charge in [-0.05, 0) is 39.0 Å². The van der Waals surface area contributed by atoms with Crippen LogP contribution in [0.15, 0.2) is 22.7 Å². The number of carbonyl (C=O) groups excluding carboxylic acids is 2. The lowest BCUT2D eigenvalue weighted by Crippen LogP contribution is -2.44. The summed E-state index contributed by atoms with van der Waals surface area (Å²) in [6.07, 6.45) is -0.795. The summed E-state index contributed by atoms with van der Waals surface area (Å²) in [6.45, 7) is 5.08. The van der Waals surface area contributed by atoms with Gasteiger partial charge in [-0.25, -0.2) is 14.6 Å². The molecule has 0 aliphatic carbocycles. The Morgan fingerprint density at radius 2 is 1.84 bits per heavy atom. The lowest BCUT2D eigenvalue weighted by atomic mass is 10.2. The third-order valence-electron chi connectivity index (χ3n) is 1.80. The average molecular weight is 333 g/mol. The molecule has 0 aromatic heterocycles. The minimum atomic E-state index is -0.795. The van der Waals surface area contributed by atoms with Gasteiger partial charge in [-0.1, -0.05) is 15.9 Å². The van der Waals surface area contributed by atoms with Crippen LogP contribution in [0.2, 0.25) is 0 Å². The van der Waals surface area contributed by atoms with Crippen molar-refractivity contribution >= 4 is 27.9 Å². The highest BCUT2D eigenvalue weighted by atomic mass is 79.9. The van der Waals surface area contributed by atoms with Gasteiger partial charge in [0.05, 0.1) is 0 Å². The fourth-order valence-electron chi connectivity index (χ4n) is 1.17. The first-order chi connectivity index (χ1) is 8.67. The largest absolute Gasteiger partial charge is 0.443 e. The van der Waals surface area contributed by atoms with Crippen LogP contribution in [-0.4, -0.2) is 17.6 Å². The summed E-state index contributed by atoms with van der Waals surface area (Å²) in [7, 11) is 0. The smallest absolute Gasteiger partial charge is 0.426 e. The van der Waals surface area contributed by atoms with Crippen molar-refractivity contribution in [2.75, 3.05) is 0 Å². The maximum absolute atomic E-state index is 13.1. The van der Waals surface area contributed by atoms with Gasteiger partial charge >= 0.3 is 6.09 Å². The molecule has 104 valence electrons. The highest BCUT2D eigenvalue weighted by Crippen LogP contribution is 2.14. The number of hydrazine groups is 1. The number of rotatable bonds is 1. The molecule has 0 aliphatic rings. The molecule has 7 heteroatoms. The quantitative estimate of drug-likeness (QED) is 0.777. The van der Waals surface area contributed by atoms with E-state index in [2.05, 4.69) is 26.8 Å². The lowest BCUT2D eigenvalue weighted by molar-refractivity contribution is 0.0483. The first kappa shape index (κ1) is 15.4. The van der Waals surface area contributed by atoms with Crippen LogP contribution in [0.5, 0.6) is 0 Å². The van der Waals surface area contributed by atoms with Gasteiger partial charge in [-0.3, -0.25) is 10.2 Å². The molecule has 0 aliphatic heterocycles. The zero-order valence-corrected chi connectivity index (χ0v) is 12.3. The van der Waals surface area contributed by atoms with Crippen LogP contribution in [0.25, 0.3) is 0 Å². The number of hydrogen-bond donors (Lipinski definition) is 2. The molecule has 0 spiro atoms. The average Bonchev–Trinajstić information content (AvgIpc) is 2.22. The molecule has 0 unspecified atom stereocenters. The normalized spacial score (nSPS) is 10.8. The van der Waals surface area contributed by atoms with E-state index in [1.165, 1.54) is 12.1 Å². The maximum atomic E-state index is 13.1. The molecule has 1 rings (SSSR count). The van der Waals surface area contributed by atoms with Gasteiger partial charge in [0, 0.05) is 10.0 Å². The zero-order valence-electron chi connectivity index (χ0n) is 10.7. The molecule has 0 saturated heterocycles. The minimum absolute atomic E-state index is 0.0722. The summed E-state index contributed by atoms with van der Waals surface area (Å²) in [6, 6.07) is 3.70. The van der Waals surface area contributed by atoms with Crippen molar-refractivity contribution in [1.29, 1.82) is 0 Å². The van der Waals surface area contributed by atoms with E-state index in [1.807, 2.05) is 0 Å². The second-order valence-electron chi connectivity index (χ2n) is 4.74. The Hall–Kier alpha value is -1.63. The van der Waals surface area contributed by atoms with E-state index in [4.69, 9.17) is 4.74 Å². The molecule has 0 bridgehead atoms. The van der Waals surface area contributed by atoms with Crippen molar-refractivity contribution < 1.29 is 18.7 Å². The number of amides is 2. The van der Waals surface area contributed by atoms with Gasteiger partial charge in [-0.15, -0.1) is 0 Å². The van der Waals surface area contributed by atoms with Gasteiger partial charge in [0.25, 0.3) is 5.91 Å². The second-order valence-corrected chi connectivity index (χ2v) is 5.65. The van der Waals surface area contributed by atoms with Gasteiger partial charge in [-0.2, -0.15) is 0 Å². The van der Waals surface area contributed by atoms with Crippen molar-refractivity contribution in [3.8, 4) is 0 Å². The Balaban J connectivity index is 2.58. The summed E-state index contributed by atoms with van der Waals surface area (Å²) in [5.41, 5.74) is 3.60. The molecule has 0 atom stereocenters. The first-order valence-corrected chi connectivity index (χ1v) is 6.22. The Morgan fingerprint density at radius 3 is 2.37 bits per heavy atom. The molecule has 1 aromatic rings. The standard InChI is InChI=1S/C12H14BrFN2O3/c1-12(2,3)19-11(18)16-15-10(17)7-4-8(13)6-9(14)5-7/h4-6H,1-3H3,(H,15,17)(H,16,18). The summed E-state index contributed by atoms with van der Waals surface area (Å²) < 4.78 is 18.4. The van der Waals surface area contributed by atoms with E-state index in [-0.39, 0.29) is 5.56 Å².